The third kappa shape index (κ3) is 7.26. The van der Waals surface area contributed by atoms with E-state index in [9.17, 15) is 14.4 Å². The highest BCUT2D eigenvalue weighted by atomic mass is 16.4. The highest BCUT2D eigenvalue weighted by Crippen LogP contribution is 2.03. The molecule has 1 heterocycles. The minimum atomic E-state index is -0.935. The number of nitrogens with zero attached hydrogens (tertiary/aromatic N) is 2. The summed E-state index contributed by atoms with van der Waals surface area (Å²) >= 11 is 0. The molecule has 0 aromatic heterocycles. The molecule has 126 valence electrons. The molecule has 0 aliphatic carbocycles. The summed E-state index contributed by atoms with van der Waals surface area (Å²) in [6, 6.07) is -0.250. The molecule has 0 radical (unpaired) electrons. The number of carbonyl (C=O) groups is 3. The van der Waals surface area contributed by atoms with Crippen LogP contribution in [0.2, 0.25) is 0 Å². The van der Waals surface area contributed by atoms with Crippen molar-refractivity contribution in [3.8, 4) is 0 Å². The number of amides is 3. The Bertz CT molecular complexity index is 412. The van der Waals surface area contributed by atoms with Crippen LogP contribution in [-0.2, 0) is 9.59 Å². The summed E-state index contributed by atoms with van der Waals surface area (Å²) in [6.45, 7) is 8.57. The number of hydrogen-bond donors (Lipinski definition) is 3. The van der Waals surface area contributed by atoms with E-state index in [0.29, 0.717) is 32.7 Å². The van der Waals surface area contributed by atoms with Crippen LogP contribution >= 0.6 is 0 Å². The number of piperazine rings is 1. The molecule has 8 nitrogen and oxygen atoms in total. The second kappa shape index (κ2) is 7.98. The van der Waals surface area contributed by atoms with Gasteiger partial charge in [0.1, 0.15) is 0 Å². The average Bonchev–Trinajstić information content (AvgIpc) is 2.36. The van der Waals surface area contributed by atoms with Gasteiger partial charge in [-0.1, -0.05) is 0 Å². The zero-order valence-corrected chi connectivity index (χ0v) is 13.5. The van der Waals surface area contributed by atoms with Gasteiger partial charge < -0.3 is 20.6 Å². The summed E-state index contributed by atoms with van der Waals surface area (Å²) in [6.07, 6.45) is -0.0846. The van der Waals surface area contributed by atoms with Gasteiger partial charge in [-0.3, -0.25) is 14.5 Å². The standard InChI is InChI=1S/C14H26N4O4/c1-14(2,3)16-11(19)10-17-6-8-18(9-7-17)13(22)15-5-4-12(20)21/h4-10H2,1-3H3,(H,15,22)(H,16,19)(H,20,21). The smallest absolute Gasteiger partial charge is 0.317 e. The third-order valence-corrected chi connectivity index (χ3v) is 3.16. The lowest BCUT2D eigenvalue weighted by Gasteiger charge is -2.34. The number of rotatable bonds is 5. The Morgan fingerprint density at radius 3 is 2.18 bits per heavy atom. The lowest BCUT2D eigenvalue weighted by atomic mass is 10.1. The van der Waals surface area contributed by atoms with Gasteiger partial charge in [0, 0.05) is 38.3 Å². The highest BCUT2D eigenvalue weighted by molar-refractivity contribution is 5.79. The van der Waals surface area contributed by atoms with E-state index in [1.807, 2.05) is 25.7 Å². The normalized spacial score (nSPS) is 16.2. The monoisotopic (exact) mass is 314 g/mol. The zero-order chi connectivity index (χ0) is 16.8. The Kier molecular flexibility index (Phi) is 6.61. The maximum atomic E-state index is 11.8. The number of carboxylic acids is 1. The predicted octanol–water partition coefficient (Wildman–Crippen LogP) is -0.297. The van der Waals surface area contributed by atoms with Crippen LogP contribution in [0.3, 0.4) is 0 Å². The second-order valence-electron chi connectivity index (χ2n) is 6.44. The van der Waals surface area contributed by atoms with Gasteiger partial charge >= 0.3 is 12.0 Å². The molecule has 22 heavy (non-hydrogen) atoms. The first-order valence-electron chi connectivity index (χ1n) is 7.45. The Labute approximate surface area is 130 Å². The Morgan fingerprint density at radius 1 is 1.09 bits per heavy atom. The van der Waals surface area contributed by atoms with Gasteiger partial charge in [-0.2, -0.15) is 0 Å². The van der Waals surface area contributed by atoms with Crippen LogP contribution in [0, 0.1) is 0 Å². The van der Waals surface area contributed by atoms with Crippen LogP contribution < -0.4 is 10.6 Å². The zero-order valence-electron chi connectivity index (χ0n) is 13.5. The Balaban J connectivity index is 2.26. The van der Waals surface area contributed by atoms with Crippen molar-refractivity contribution >= 4 is 17.9 Å². The highest BCUT2D eigenvalue weighted by Gasteiger charge is 2.23. The molecule has 3 N–H and O–H groups in total. The molecule has 1 saturated heterocycles. The molecule has 3 amide bonds. The van der Waals surface area contributed by atoms with E-state index in [0.717, 1.165) is 0 Å². The minimum absolute atomic E-state index is 0.0214. The van der Waals surface area contributed by atoms with E-state index in [2.05, 4.69) is 10.6 Å². The maximum Gasteiger partial charge on any atom is 0.317 e. The van der Waals surface area contributed by atoms with Crippen molar-refractivity contribution in [2.24, 2.45) is 0 Å². The van der Waals surface area contributed by atoms with E-state index in [1.54, 1.807) is 4.90 Å². The molecule has 0 aromatic rings. The van der Waals surface area contributed by atoms with Crippen LogP contribution in [-0.4, -0.2) is 77.6 Å². The summed E-state index contributed by atoms with van der Waals surface area (Å²) < 4.78 is 0. The molecule has 1 aliphatic heterocycles. The molecule has 8 heteroatoms. The van der Waals surface area contributed by atoms with Crippen molar-refractivity contribution in [1.29, 1.82) is 0 Å². The summed E-state index contributed by atoms with van der Waals surface area (Å²) in [5.41, 5.74) is -0.247. The first-order valence-corrected chi connectivity index (χ1v) is 7.45. The molecule has 0 saturated carbocycles. The fourth-order valence-electron chi connectivity index (χ4n) is 2.16. The van der Waals surface area contributed by atoms with E-state index in [4.69, 9.17) is 5.11 Å². The molecule has 1 aliphatic rings. The average molecular weight is 314 g/mol. The number of carbonyl (C=O) groups excluding carboxylic acids is 2. The fraction of sp³-hybridized carbons (Fsp3) is 0.786. The Hall–Kier alpha value is -1.83. The fourth-order valence-corrected chi connectivity index (χ4v) is 2.16. The van der Waals surface area contributed by atoms with Gasteiger partial charge in [0.15, 0.2) is 0 Å². The van der Waals surface area contributed by atoms with Gasteiger partial charge in [0.2, 0.25) is 5.91 Å². The molecular formula is C14H26N4O4. The van der Waals surface area contributed by atoms with Gasteiger partial charge in [0.05, 0.1) is 13.0 Å². The first-order chi connectivity index (χ1) is 10.2. The van der Waals surface area contributed by atoms with E-state index < -0.39 is 5.97 Å². The lowest BCUT2D eigenvalue weighted by Crippen LogP contribution is -2.54. The molecule has 1 fully saturated rings. The van der Waals surface area contributed by atoms with Gasteiger partial charge in [-0.05, 0) is 20.8 Å². The number of aliphatic carboxylic acids is 1. The molecule has 0 aromatic carbocycles. The van der Waals surface area contributed by atoms with Crippen LogP contribution in [0.5, 0.6) is 0 Å². The molecule has 1 rings (SSSR count). The molecule has 0 atom stereocenters. The second-order valence-corrected chi connectivity index (χ2v) is 6.44. The van der Waals surface area contributed by atoms with Gasteiger partial charge in [0.25, 0.3) is 0 Å². The summed E-state index contributed by atoms with van der Waals surface area (Å²) in [7, 11) is 0. The number of hydrogen-bond acceptors (Lipinski definition) is 4. The Morgan fingerprint density at radius 2 is 1.68 bits per heavy atom. The molecule has 0 unspecified atom stereocenters. The SMILES string of the molecule is CC(C)(C)NC(=O)CN1CCN(C(=O)NCCC(=O)O)CC1. The third-order valence-electron chi connectivity index (χ3n) is 3.16. The lowest BCUT2D eigenvalue weighted by molar-refractivity contribution is -0.136. The van der Waals surface area contributed by atoms with E-state index in [-0.39, 0.29) is 30.4 Å². The van der Waals surface area contributed by atoms with Crippen LogP contribution in [0.15, 0.2) is 0 Å². The van der Waals surface area contributed by atoms with Gasteiger partial charge in [-0.25, -0.2) is 4.79 Å². The summed E-state index contributed by atoms with van der Waals surface area (Å²) in [5, 5.41) is 14.0. The molecular weight excluding hydrogens is 288 g/mol. The summed E-state index contributed by atoms with van der Waals surface area (Å²) in [5.74, 6) is -0.957. The van der Waals surface area contributed by atoms with Crippen molar-refractivity contribution in [1.82, 2.24) is 20.4 Å². The van der Waals surface area contributed by atoms with Crippen molar-refractivity contribution in [2.75, 3.05) is 39.3 Å². The van der Waals surface area contributed by atoms with Crippen LogP contribution in [0.4, 0.5) is 4.79 Å². The number of urea groups is 1. The minimum Gasteiger partial charge on any atom is -0.481 e. The van der Waals surface area contributed by atoms with Crippen LogP contribution in [0.1, 0.15) is 27.2 Å². The molecule has 0 spiro atoms. The van der Waals surface area contributed by atoms with Crippen LogP contribution in [0.25, 0.3) is 0 Å². The first kappa shape index (κ1) is 18.2. The van der Waals surface area contributed by atoms with Crippen molar-refractivity contribution < 1.29 is 19.5 Å². The maximum absolute atomic E-state index is 11.8. The van der Waals surface area contributed by atoms with Crippen molar-refractivity contribution in [3.05, 3.63) is 0 Å². The van der Waals surface area contributed by atoms with E-state index in [1.165, 1.54) is 0 Å². The summed E-state index contributed by atoms with van der Waals surface area (Å²) in [4.78, 5) is 37.7. The predicted molar refractivity (Wildman–Crippen MR) is 81.6 cm³/mol. The molecule has 0 bridgehead atoms. The van der Waals surface area contributed by atoms with Crippen molar-refractivity contribution in [3.63, 3.8) is 0 Å². The van der Waals surface area contributed by atoms with Gasteiger partial charge in [-0.15, -0.1) is 0 Å². The largest absolute Gasteiger partial charge is 0.481 e. The van der Waals surface area contributed by atoms with E-state index >= 15 is 0 Å². The quantitative estimate of drug-likeness (QED) is 0.647. The number of carboxylic acid groups (broad SMARTS) is 1. The van der Waals surface area contributed by atoms with Crippen molar-refractivity contribution in [2.45, 2.75) is 32.7 Å². The number of nitrogens with one attached hydrogen (secondary N) is 2. The topological polar surface area (TPSA) is 102 Å².